The smallest absolute Gasteiger partial charge is 0.322 e. The van der Waals surface area contributed by atoms with Gasteiger partial charge >= 0.3 is 6.03 Å². The summed E-state index contributed by atoms with van der Waals surface area (Å²) in [6, 6.07) is 5.67. The summed E-state index contributed by atoms with van der Waals surface area (Å²) in [5.41, 5.74) is 3.21. The number of para-hydroxylation sites is 1. The maximum Gasteiger partial charge on any atom is 0.322 e. The Morgan fingerprint density at radius 3 is 2.61 bits per heavy atom. The lowest BCUT2D eigenvalue weighted by Crippen LogP contribution is -2.37. The monoisotopic (exact) mass is 404 g/mol. The first kappa shape index (κ1) is 21.8. The minimum Gasteiger partial charge on any atom is -0.383 e. The molecule has 2 N–H and O–H groups in total. The van der Waals surface area contributed by atoms with Crippen LogP contribution in [-0.4, -0.2) is 48.6 Å². The number of thiazole rings is 1. The van der Waals surface area contributed by atoms with Crippen molar-refractivity contribution in [2.45, 2.75) is 33.7 Å². The maximum atomic E-state index is 12.9. The number of anilines is 1. The Morgan fingerprint density at radius 1 is 1.25 bits per heavy atom. The summed E-state index contributed by atoms with van der Waals surface area (Å²) >= 11 is 1.37. The topological polar surface area (TPSA) is 83.6 Å². The highest BCUT2D eigenvalue weighted by Crippen LogP contribution is 2.20. The number of urea groups is 1. The highest BCUT2D eigenvalue weighted by atomic mass is 32.1. The number of nitrogens with one attached hydrogen (secondary N) is 2. The molecule has 0 atom stereocenters. The van der Waals surface area contributed by atoms with Crippen molar-refractivity contribution in [3.8, 4) is 0 Å². The zero-order valence-electron chi connectivity index (χ0n) is 16.9. The maximum absolute atomic E-state index is 12.9. The fourth-order valence-electron chi connectivity index (χ4n) is 2.63. The Hall–Kier alpha value is -2.45. The molecule has 0 fully saturated rings. The molecule has 0 unspecified atom stereocenters. The van der Waals surface area contributed by atoms with E-state index < -0.39 is 0 Å². The second-order valence-electron chi connectivity index (χ2n) is 6.49. The number of aryl methyl sites for hydroxylation is 2. The molecular weight excluding hydrogens is 376 g/mol. The molecular formula is C20H28N4O3S. The molecule has 0 bridgehead atoms. The van der Waals surface area contributed by atoms with E-state index in [0.717, 1.165) is 23.2 Å². The lowest BCUT2D eigenvalue weighted by Gasteiger charge is -2.23. The normalized spacial score (nSPS) is 10.6. The van der Waals surface area contributed by atoms with E-state index in [4.69, 9.17) is 4.74 Å². The number of carbonyl (C=O) groups excluding carboxylic acids is 2. The Morgan fingerprint density at radius 2 is 1.96 bits per heavy atom. The summed E-state index contributed by atoms with van der Waals surface area (Å²) in [4.78, 5) is 30.9. The van der Waals surface area contributed by atoms with Crippen LogP contribution in [-0.2, 0) is 11.3 Å². The van der Waals surface area contributed by atoms with E-state index in [2.05, 4.69) is 15.6 Å². The predicted octanol–water partition coefficient (Wildman–Crippen LogP) is 3.58. The lowest BCUT2D eigenvalue weighted by atomic mass is 10.1. The molecule has 0 aliphatic carbocycles. The van der Waals surface area contributed by atoms with Crippen LogP contribution in [0.4, 0.5) is 10.5 Å². The van der Waals surface area contributed by atoms with E-state index in [1.807, 2.05) is 39.0 Å². The number of ether oxygens (including phenoxy) is 1. The fourth-order valence-corrected chi connectivity index (χ4v) is 3.42. The van der Waals surface area contributed by atoms with Crippen LogP contribution < -0.4 is 10.6 Å². The van der Waals surface area contributed by atoms with Gasteiger partial charge in [0.1, 0.15) is 10.7 Å². The van der Waals surface area contributed by atoms with E-state index in [9.17, 15) is 9.59 Å². The average molecular weight is 405 g/mol. The van der Waals surface area contributed by atoms with Gasteiger partial charge < -0.3 is 20.3 Å². The van der Waals surface area contributed by atoms with Crippen LogP contribution in [0.5, 0.6) is 0 Å². The van der Waals surface area contributed by atoms with Crippen LogP contribution in [0, 0.1) is 13.8 Å². The molecule has 1 heterocycles. The number of aromatic nitrogens is 1. The molecule has 152 valence electrons. The van der Waals surface area contributed by atoms with Crippen LogP contribution in [0.25, 0.3) is 0 Å². The molecule has 0 saturated heterocycles. The summed E-state index contributed by atoms with van der Waals surface area (Å²) < 4.78 is 5.14. The first-order chi connectivity index (χ1) is 13.5. The van der Waals surface area contributed by atoms with Crippen molar-refractivity contribution in [1.82, 2.24) is 15.2 Å². The number of benzene rings is 1. The largest absolute Gasteiger partial charge is 0.383 e. The molecule has 0 radical (unpaired) electrons. The summed E-state index contributed by atoms with van der Waals surface area (Å²) in [5, 5.41) is 8.23. The SMILES string of the molecule is CCCNC(=O)c1csc(CN(CCOC)C(=O)Nc2c(C)cccc2C)n1. The molecule has 1 aromatic carbocycles. The number of carbonyl (C=O) groups is 2. The lowest BCUT2D eigenvalue weighted by molar-refractivity contribution is 0.0949. The van der Waals surface area contributed by atoms with Gasteiger partial charge in [0.25, 0.3) is 5.91 Å². The molecule has 2 aromatic rings. The van der Waals surface area contributed by atoms with E-state index in [0.29, 0.717) is 36.9 Å². The van der Waals surface area contributed by atoms with Crippen molar-refractivity contribution >= 4 is 29.0 Å². The molecule has 28 heavy (non-hydrogen) atoms. The van der Waals surface area contributed by atoms with Crippen LogP contribution in [0.1, 0.15) is 40.0 Å². The zero-order valence-corrected chi connectivity index (χ0v) is 17.7. The average Bonchev–Trinajstić information content (AvgIpc) is 3.14. The molecule has 2 rings (SSSR count). The molecule has 3 amide bonds. The first-order valence-corrected chi connectivity index (χ1v) is 10.2. The number of hydrogen-bond acceptors (Lipinski definition) is 5. The minimum absolute atomic E-state index is 0.187. The van der Waals surface area contributed by atoms with Gasteiger partial charge in [-0.1, -0.05) is 25.1 Å². The molecule has 0 aliphatic heterocycles. The molecule has 1 aromatic heterocycles. The van der Waals surface area contributed by atoms with E-state index in [1.165, 1.54) is 11.3 Å². The fraction of sp³-hybridized carbons (Fsp3) is 0.450. The van der Waals surface area contributed by atoms with Gasteiger partial charge in [-0.25, -0.2) is 9.78 Å². The first-order valence-electron chi connectivity index (χ1n) is 9.30. The van der Waals surface area contributed by atoms with Crippen LogP contribution in [0.15, 0.2) is 23.6 Å². The predicted molar refractivity (Wildman–Crippen MR) is 112 cm³/mol. The van der Waals surface area contributed by atoms with Gasteiger partial charge in [-0.3, -0.25) is 4.79 Å². The van der Waals surface area contributed by atoms with E-state index in [-0.39, 0.29) is 11.9 Å². The Labute approximate surface area is 170 Å². The van der Waals surface area contributed by atoms with Crippen molar-refractivity contribution in [1.29, 1.82) is 0 Å². The van der Waals surface area contributed by atoms with Crippen LogP contribution in [0.2, 0.25) is 0 Å². The van der Waals surface area contributed by atoms with Crippen molar-refractivity contribution in [3.05, 3.63) is 45.4 Å². The molecule has 8 heteroatoms. The quantitative estimate of drug-likeness (QED) is 0.669. The minimum atomic E-state index is -0.221. The number of hydrogen-bond donors (Lipinski definition) is 2. The van der Waals surface area contributed by atoms with E-state index >= 15 is 0 Å². The highest BCUT2D eigenvalue weighted by molar-refractivity contribution is 7.09. The van der Waals surface area contributed by atoms with Gasteiger partial charge in [0.15, 0.2) is 0 Å². The van der Waals surface area contributed by atoms with Gasteiger partial charge in [-0.05, 0) is 31.4 Å². The Bertz CT molecular complexity index is 786. The number of amides is 3. The summed E-state index contributed by atoms with van der Waals surface area (Å²) in [6.45, 7) is 7.68. The molecule has 0 spiro atoms. The Kier molecular flexibility index (Phi) is 8.41. The zero-order chi connectivity index (χ0) is 20.5. The molecule has 0 aliphatic rings. The third-order valence-electron chi connectivity index (χ3n) is 4.21. The molecule has 0 saturated carbocycles. The highest BCUT2D eigenvalue weighted by Gasteiger charge is 2.18. The van der Waals surface area contributed by atoms with Gasteiger partial charge in [-0.2, -0.15) is 0 Å². The van der Waals surface area contributed by atoms with Gasteiger partial charge in [0.05, 0.1) is 13.2 Å². The second-order valence-corrected chi connectivity index (χ2v) is 7.44. The van der Waals surface area contributed by atoms with E-state index in [1.54, 1.807) is 17.4 Å². The van der Waals surface area contributed by atoms with Gasteiger partial charge in [0, 0.05) is 31.3 Å². The third-order valence-corrected chi connectivity index (χ3v) is 5.05. The number of rotatable bonds is 9. The molecule has 7 nitrogen and oxygen atoms in total. The van der Waals surface area contributed by atoms with Gasteiger partial charge in [-0.15, -0.1) is 11.3 Å². The standard InChI is InChI=1S/C20H28N4O3S/c1-5-9-21-19(25)16-13-28-17(22-16)12-24(10-11-27-4)20(26)23-18-14(2)7-6-8-15(18)3/h6-8,13H,5,9-12H2,1-4H3,(H,21,25)(H,23,26). The summed E-state index contributed by atoms with van der Waals surface area (Å²) in [7, 11) is 1.60. The Balaban J connectivity index is 2.10. The summed E-state index contributed by atoms with van der Waals surface area (Å²) in [5.74, 6) is -0.187. The van der Waals surface area contributed by atoms with Crippen molar-refractivity contribution in [2.75, 3.05) is 32.1 Å². The van der Waals surface area contributed by atoms with Crippen LogP contribution in [0.3, 0.4) is 0 Å². The van der Waals surface area contributed by atoms with Gasteiger partial charge in [0.2, 0.25) is 0 Å². The number of nitrogens with zero attached hydrogens (tertiary/aromatic N) is 2. The van der Waals surface area contributed by atoms with Crippen molar-refractivity contribution < 1.29 is 14.3 Å². The second kappa shape index (κ2) is 10.8. The van der Waals surface area contributed by atoms with Crippen molar-refractivity contribution in [3.63, 3.8) is 0 Å². The summed E-state index contributed by atoms with van der Waals surface area (Å²) in [6.07, 6.45) is 0.867. The van der Waals surface area contributed by atoms with Crippen molar-refractivity contribution in [2.24, 2.45) is 0 Å². The van der Waals surface area contributed by atoms with Crippen LogP contribution >= 0.6 is 11.3 Å². The number of methoxy groups -OCH3 is 1. The third kappa shape index (κ3) is 6.03.